The lowest BCUT2D eigenvalue weighted by Gasteiger charge is -2.22. The molecule has 0 saturated carbocycles. The molecule has 0 radical (unpaired) electrons. The summed E-state index contributed by atoms with van der Waals surface area (Å²) in [4.78, 5) is 11.8. The van der Waals surface area contributed by atoms with E-state index in [-0.39, 0.29) is 5.91 Å². The minimum Gasteiger partial charge on any atom is -0.378 e. The van der Waals surface area contributed by atoms with Crippen LogP contribution in [0, 0.1) is 0 Å². The molecule has 2 rings (SSSR count). The monoisotopic (exact) mass is 265 g/mol. The first-order valence-electron chi connectivity index (χ1n) is 6.35. The van der Waals surface area contributed by atoms with E-state index < -0.39 is 0 Å². The fraction of sp³-hybridized carbons (Fsp3) is 0.500. The molecule has 0 bridgehead atoms. The van der Waals surface area contributed by atoms with Crippen LogP contribution in [0.25, 0.3) is 0 Å². The van der Waals surface area contributed by atoms with E-state index in [4.69, 9.17) is 10.5 Å². The number of benzene rings is 1. The summed E-state index contributed by atoms with van der Waals surface area (Å²) < 4.78 is 5.72. The molecule has 3 nitrogen and oxygen atoms in total. The van der Waals surface area contributed by atoms with Crippen LogP contribution in [0.2, 0.25) is 0 Å². The number of carbonyl (C=O) groups excluding carboxylic acids is 1. The molecule has 1 heterocycles. The largest absolute Gasteiger partial charge is 0.378 e. The highest BCUT2D eigenvalue weighted by atomic mass is 32.2. The van der Waals surface area contributed by atoms with Crippen molar-refractivity contribution in [3.05, 3.63) is 29.8 Å². The Labute approximate surface area is 112 Å². The predicted octanol–water partition coefficient (Wildman–Crippen LogP) is 2.38. The Balaban J connectivity index is 1.84. The van der Waals surface area contributed by atoms with Gasteiger partial charge in [-0.15, -0.1) is 11.8 Å². The lowest BCUT2D eigenvalue weighted by molar-refractivity contribution is -0.115. The molecule has 1 amide bonds. The maximum absolute atomic E-state index is 10.7. The van der Waals surface area contributed by atoms with Gasteiger partial charge in [-0.05, 0) is 43.4 Å². The van der Waals surface area contributed by atoms with Gasteiger partial charge < -0.3 is 10.5 Å². The second-order valence-corrected chi connectivity index (χ2v) is 5.64. The van der Waals surface area contributed by atoms with Gasteiger partial charge in [0.05, 0.1) is 11.9 Å². The summed E-state index contributed by atoms with van der Waals surface area (Å²) in [5.74, 6) is 0.0603. The molecule has 1 aliphatic heterocycles. The van der Waals surface area contributed by atoms with Crippen LogP contribution in [0.3, 0.4) is 0 Å². The van der Waals surface area contributed by atoms with Crippen LogP contribution in [-0.4, -0.2) is 24.4 Å². The summed E-state index contributed by atoms with van der Waals surface area (Å²) in [6.45, 7) is 0.900. The Bertz CT molecular complexity index is 385. The third kappa shape index (κ3) is 4.35. The Morgan fingerprint density at radius 3 is 2.72 bits per heavy atom. The van der Waals surface area contributed by atoms with Crippen molar-refractivity contribution in [3.8, 4) is 0 Å². The molecule has 1 aromatic carbocycles. The van der Waals surface area contributed by atoms with Crippen molar-refractivity contribution >= 4 is 17.7 Å². The Morgan fingerprint density at radius 1 is 1.33 bits per heavy atom. The van der Waals surface area contributed by atoms with Crippen LogP contribution in [0.15, 0.2) is 29.2 Å². The Hall–Kier alpha value is -1.00. The van der Waals surface area contributed by atoms with Gasteiger partial charge in [0.25, 0.3) is 0 Å². The molecule has 1 aromatic rings. The van der Waals surface area contributed by atoms with Crippen molar-refractivity contribution in [2.75, 3.05) is 12.4 Å². The van der Waals surface area contributed by atoms with Crippen LogP contribution in [0.4, 0.5) is 0 Å². The number of rotatable bonds is 5. The second-order valence-electron chi connectivity index (χ2n) is 4.59. The van der Waals surface area contributed by atoms with Gasteiger partial charge in [0, 0.05) is 11.5 Å². The van der Waals surface area contributed by atoms with E-state index in [9.17, 15) is 4.79 Å². The van der Waals surface area contributed by atoms with E-state index in [0.717, 1.165) is 24.3 Å². The van der Waals surface area contributed by atoms with Crippen LogP contribution < -0.4 is 5.73 Å². The summed E-state index contributed by atoms with van der Waals surface area (Å²) in [6, 6.07) is 8.32. The second kappa shape index (κ2) is 6.81. The third-order valence-corrected chi connectivity index (χ3v) is 4.08. The topological polar surface area (TPSA) is 52.3 Å². The van der Waals surface area contributed by atoms with Crippen LogP contribution in [0.5, 0.6) is 0 Å². The third-order valence-electron chi connectivity index (χ3n) is 3.04. The number of thioether (sulfide) groups is 1. The maximum Gasteiger partial charge on any atom is 0.227 e. The average molecular weight is 265 g/mol. The molecule has 1 aliphatic rings. The SMILES string of the molecule is NC(=O)CSc1ccc(C[C@@H]2CCCCO2)cc1. The molecular formula is C14H19NO2S. The molecule has 4 heteroatoms. The summed E-state index contributed by atoms with van der Waals surface area (Å²) in [5, 5.41) is 0. The van der Waals surface area contributed by atoms with E-state index in [1.165, 1.54) is 30.2 Å². The summed E-state index contributed by atoms with van der Waals surface area (Å²) in [7, 11) is 0. The first-order valence-corrected chi connectivity index (χ1v) is 7.34. The molecule has 1 fully saturated rings. The van der Waals surface area contributed by atoms with Gasteiger partial charge in [-0.25, -0.2) is 0 Å². The van der Waals surface area contributed by atoms with Crippen molar-refractivity contribution in [2.24, 2.45) is 5.73 Å². The van der Waals surface area contributed by atoms with E-state index in [1.54, 1.807) is 0 Å². The smallest absolute Gasteiger partial charge is 0.227 e. The number of ether oxygens (including phenoxy) is 1. The van der Waals surface area contributed by atoms with Crippen molar-refractivity contribution in [1.29, 1.82) is 0 Å². The molecule has 2 N–H and O–H groups in total. The zero-order chi connectivity index (χ0) is 12.8. The van der Waals surface area contributed by atoms with Gasteiger partial charge in [-0.2, -0.15) is 0 Å². The normalized spacial score (nSPS) is 19.7. The van der Waals surface area contributed by atoms with Crippen LogP contribution in [0.1, 0.15) is 24.8 Å². The molecule has 1 saturated heterocycles. The van der Waals surface area contributed by atoms with Crippen molar-refractivity contribution in [2.45, 2.75) is 36.7 Å². The molecule has 0 aliphatic carbocycles. The first kappa shape index (κ1) is 13.4. The van der Waals surface area contributed by atoms with Crippen molar-refractivity contribution in [3.63, 3.8) is 0 Å². The fourth-order valence-corrected chi connectivity index (χ4v) is 2.74. The number of hydrogen-bond acceptors (Lipinski definition) is 3. The van der Waals surface area contributed by atoms with Gasteiger partial charge in [0.2, 0.25) is 5.91 Å². The number of hydrogen-bond donors (Lipinski definition) is 1. The molecule has 1 atom stereocenters. The van der Waals surface area contributed by atoms with E-state index in [1.807, 2.05) is 12.1 Å². The maximum atomic E-state index is 10.7. The fourth-order valence-electron chi connectivity index (χ4n) is 2.11. The minimum absolute atomic E-state index is 0.278. The lowest BCUT2D eigenvalue weighted by atomic mass is 10.0. The zero-order valence-corrected chi connectivity index (χ0v) is 11.2. The highest BCUT2D eigenvalue weighted by Gasteiger charge is 2.14. The molecule has 0 spiro atoms. The van der Waals surface area contributed by atoms with Gasteiger partial charge >= 0.3 is 0 Å². The predicted molar refractivity (Wildman–Crippen MR) is 73.7 cm³/mol. The van der Waals surface area contributed by atoms with Gasteiger partial charge in [0.15, 0.2) is 0 Å². The molecular weight excluding hydrogens is 246 g/mol. The van der Waals surface area contributed by atoms with Crippen LogP contribution in [-0.2, 0) is 16.0 Å². The number of carbonyl (C=O) groups is 1. The summed E-state index contributed by atoms with van der Waals surface area (Å²) in [6.07, 6.45) is 5.00. The minimum atomic E-state index is -0.278. The summed E-state index contributed by atoms with van der Waals surface area (Å²) in [5.41, 5.74) is 6.41. The van der Waals surface area contributed by atoms with Crippen molar-refractivity contribution < 1.29 is 9.53 Å². The Morgan fingerprint density at radius 2 is 2.11 bits per heavy atom. The molecule has 0 aromatic heterocycles. The van der Waals surface area contributed by atoms with E-state index in [0.29, 0.717) is 11.9 Å². The zero-order valence-electron chi connectivity index (χ0n) is 10.4. The number of nitrogens with two attached hydrogens (primary N) is 1. The lowest BCUT2D eigenvalue weighted by Crippen LogP contribution is -2.21. The quantitative estimate of drug-likeness (QED) is 0.832. The van der Waals surface area contributed by atoms with Crippen molar-refractivity contribution in [1.82, 2.24) is 0 Å². The highest BCUT2D eigenvalue weighted by Crippen LogP contribution is 2.21. The molecule has 0 unspecified atom stereocenters. The Kier molecular flexibility index (Phi) is 5.08. The summed E-state index contributed by atoms with van der Waals surface area (Å²) >= 11 is 1.48. The van der Waals surface area contributed by atoms with Gasteiger partial charge in [-0.3, -0.25) is 4.79 Å². The van der Waals surface area contributed by atoms with Crippen LogP contribution >= 0.6 is 11.8 Å². The highest BCUT2D eigenvalue weighted by molar-refractivity contribution is 8.00. The number of amides is 1. The first-order chi connectivity index (χ1) is 8.74. The number of primary amides is 1. The standard InChI is InChI=1S/C14H19NO2S/c15-14(16)10-18-13-6-4-11(5-7-13)9-12-3-1-2-8-17-12/h4-7,12H,1-3,8-10H2,(H2,15,16)/t12-/m0/s1. The van der Waals surface area contributed by atoms with E-state index in [2.05, 4.69) is 12.1 Å². The molecule has 98 valence electrons. The van der Waals surface area contributed by atoms with Gasteiger partial charge in [-0.1, -0.05) is 12.1 Å². The average Bonchev–Trinajstić information content (AvgIpc) is 2.39. The van der Waals surface area contributed by atoms with Gasteiger partial charge in [0.1, 0.15) is 0 Å². The molecule has 18 heavy (non-hydrogen) atoms. The van der Waals surface area contributed by atoms with E-state index >= 15 is 0 Å².